The van der Waals surface area contributed by atoms with E-state index in [2.05, 4.69) is 26.1 Å². The van der Waals surface area contributed by atoms with Gasteiger partial charge in [-0.2, -0.15) is 4.57 Å². The molecule has 1 aromatic heterocycles. The van der Waals surface area contributed by atoms with Gasteiger partial charge in [-0.15, -0.1) is 0 Å². The van der Waals surface area contributed by atoms with Crippen molar-refractivity contribution in [3.05, 3.63) is 98.9 Å². The van der Waals surface area contributed by atoms with E-state index < -0.39 is 10.7 Å². The highest BCUT2D eigenvalue weighted by Gasteiger charge is 2.23. The number of hydrogen-bond acceptors (Lipinski definition) is 4. The molecule has 0 amide bonds. The predicted octanol–water partition coefficient (Wildman–Crippen LogP) is 5.23. The molecule has 34 heavy (non-hydrogen) atoms. The van der Waals surface area contributed by atoms with Crippen LogP contribution < -0.4 is 15.0 Å². The van der Waals surface area contributed by atoms with Gasteiger partial charge in [0.05, 0.1) is 4.92 Å². The summed E-state index contributed by atoms with van der Waals surface area (Å²) in [5.41, 5.74) is 4.69. The lowest BCUT2D eigenvalue weighted by atomic mass is 9.88. The number of aromatic nitrogens is 1. The van der Waals surface area contributed by atoms with E-state index in [1.54, 1.807) is 36.0 Å². The third-order valence-corrected chi connectivity index (χ3v) is 5.99. The van der Waals surface area contributed by atoms with Crippen LogP contribution in [0, 0.1) is 30.9 Å². The van der Waals surface area contributed by atoms with E-state index in [1.165, 1.54) is 6.07 Å². The lowest BCUT2D eigenvalue weighted by Crippen LogP contribution is -2.40. The number of hydrogen-bond donors (Lipinski definition) is 1. The van der Waals surface area contributed by atoms with Crippen molar-refractivity contribution in [2.75, 3.05) is 5.32 Å². The first-order valence-electron chi connectivity index (χ1n) is 11.0. The van der Waals surface area contributed by atoms with Crippen molar-refractivity contribution in [1.29, 1.82) is 0 Å². The summed E-state index contributed by atoms with van der Waals surface area (Å²) in [4.78, 5) is 11.2. The zero-order valence-corrected chi connectivity index (χ0v) is 21.1. The Hall–Kier alpha value is -3.58. The first kappa shape index (κ1) is 25.1. The lowest BCUT2D eigenvalue weighted by Gasteiger charge is -2.20. The average Bonchev–Trinajstić information content (AvgIpc) is 2.76. The van der Waals surface area contributed by atoms with E-state index in [9.17, 15) is 15.2 Å². The molecule has 0 unspecified atom stereocenters. The van der Waals surface area contributed by atoms with Crippen molar-refractivity contribution in [1.82, 2.24) is 0 Å². The maximum atomic E-state index is 13.7. The van der Waals surface area contributed by atoms with Crippen molar-refractivity contribution in [2.45, 2.75) is 47.0 Å². The standard InChI is InChI=1S/C27H29N3O3S/c1-17-7-8-18(2)22(15-17)28-26(34)24(29-13-11-21(12-14-29)27(4,5)6)25(31)20-10-9-19(3)23(16-20)30(32)33/h7-16H,1-6H3,(H-,28,31,34). The van der Waals surface area contributed by atoms with Gasteiger partial charge in [0.1, 0.15) is 0 Å². The number of nitrogens with zero attached hydrogens (tertiary/aromatic N) is 2. The topological polar surface area (TPSA) is 82.1 Å². The minimum Gasteiger partial charge on any atom is -0.867 e. The zero-order chi connectivity index (χ0) is 25.2. The van der Waals surface area contributed by atoms with Crippen molar-refractivity contribution in [3.63, 3.8) is 0 Å². The molecule has 0 saturated carbocycles. The number of nitro groups is 1. The Labute approximate surface area is 205 Å². The molecule has 0 aliphatic heterocycles. The molecular weight excluding hydrogens is 446 g/mol. The number of anilines is 1. The molecule has 0 aliphatic carbocycles. The maximum absolute atomic E-state index is 13.7. The van der Waals surface area contributed by atoms with E-state index in [4.69, 9.17) is 12.2 Å². The van der Waals surface area contributed by atoms with Crippen LogP contribution in [0.2, 0.25) is 0 Å². The highest BCUT2D eigenvalue weighted by atomic mass is 32.1. The maximum Gasteiger partial charge on any atom is 0.272 e. The van der Waals surface area contributed by atoms with Crippen LogP contribution in [0.3, 0.4) is 0 Å². The fourth-order valence-corrected chi connectivity index (χ4v) is 3.86. The number of nitrogens with one attached hydrogen (secondary N) is 1. The molecule has 0 bridgehead atoms. The molecule has 0 saturated heterocycles. The Morgan fingerprint density at radius 2 is 1.59 bits per heavy atom. The molecule has 2 aromatic carbocycles. The molecule has 6 nitrogen and oxygen atoms in total. The van der Waals surface area contributed by atoms with Gasteiger partial charge in [-0.3, -0.25) is 10.1 Å². The Bertz CT molecular complexity index is 1290. The normalized spacial score (nSPS) is 12.2. The summed E-state index contributed by atoms with van der Waals surface area (Å²) in [7, 11) is 0. The number of pyridine rings is 1. The molecule has 0 aliphatic rings. The summed E-state index contributed by atoms with van der Waals surface area (Å²) < 4.78 is 1.67. The van der Waals surface area contributed by atoms with Gasteiger partial charge in [0.2, 0.25) is 5.70 Å². The third kappa shape index (κ3) is 5.48. The summed E-state index contributed by atoms with van der Waals surface area (Å²) in [5, 5.41) is 28.4. The monoisotopic (exact) mass is 475 g/mol. The summed E-state index contributed by atoms with van der Waals surface area (Å²) >= 11 is 5.71. The summed E-state index contributed by atoms with van der Waals surface area (Å²) in [6.45, 7) is 11.9. The molecule has 0 spiro atoms. The summed E-state index contributed by atoms with van der Waals surface area (Å²) in [6, 6.07) is 14.3. The van der Waals surface area contributed by atoms with Crippen LogP contribution in [0.5, 0.6) is 0 Å². The fraction of sp³-hybridized carbons (Fsp3) is 0.259. The number of thiocarbonyl (C=S) groups is 1. The Balaban J connectivity index is 2.17. The van der Waals surface area contributed by atoms with Crippen molar-refractivity contribution in [3.8, 4) is 0 Å². The van der Waals surface area contributed by atoms with E-state index in [0.717, 1.165) is 22.4 Å². The molecule has 0 radical (unpaired) electrons. The van der Waals surface area contributed by atoms with Gasteiger partial charge in [-0.25, -0.2) is 0 Å². The van der Waals surface area contributed by atoms with Gasteiger partial charge in [0, 0.05) is 29.4 Å². The second-order valence-electron chi connectivity index (χ2n) is 9.45. The zero-order valence-electron chi connectivity index (χ0n) is 20.3. The highest BCUT2D eigenvalue weighted by molar-refractivity contribution is 7.81. The second kappa shape index (κ2) is 9.73. The smallest absolute Gasteiger partial charge is 0.272 e. The van der Waals surface area contributed by atoms with E-state index >= 15 is 0 Å². The molecule has 1 N–H and O–H groups in total. The minimum absolute atomic E-state index is 0.0573. The largest absolute Gasteiger partial charge is 0.867 e. The van der Waals surface area contributed by atoms with Crippen LogP contribution in [-0.2, 0) is 5.41 Å². The highest BCUT2D eigenvalue weighted by Crippen LogP contribution is 2.26. The SMILES string of the molecule is Cc1ccc(C)c(NC(=S)/C(=C(\[O-])c2ccc(C)c([N+](=O)[O-])c2)[n+]2ccc(C(C)(C)C)cc2)c1. The van der Waals surface area contributed by atoms with Crippen LogP contribution in [0.1, 0.15) is 48.6 Å². The van der Waals surface area contributed by atoms with Crippen LogP contribution in [-0.4, -0.2) is 9.91 Å². The first-order chi connectivity index (χ1) is 15.9. The summed E-state index contributed by atoms with van der Waals surface area (Å²) in [5.74, 6) is -0.403. The molecule has 3 rings (SSSR count). The van der Waals surface area contributed by atoms with Crippen LogP contribution in [0.15, 0.2) is 60.9 Å². The Morgan fingerprint density at radius 1 is 0.971 bits per heavy atom. The molecule has 1 heterocycles. The van der Waals surface area contributed by atoms with E-state index in [-0.39, 0.29) is 27.4 Å². The molecule has 0 fully saturated rings. The second-order valence-corrected chi connectivity index (χ2v) is 9.86. The third-order valence-electron chi connectivity index (χ3n) is 5.69. The quantitative estimate of drug-likeness (QED) is 0.136. The van der Waals surface area contributed by atoms with Crippen LogP contribution >= 0.6 is 12.2 Å². The lowest BCUT2D eigenvalue weighted by molar-refractivity contribution is -0.577. The molecular formula is C27H29N3O3S. The van der Waals surface area contributed by atoms with Crippen molar-refractivity contribution in [2.24, 2.45) is 0 Å². The van der Waals surface area contributed by atoms with E-state index in [0.29, 0.717) is 5.56 Å². The molecule has 3 aromatic rings. The molecule has 7 heteroatoms. The number of aryl methyl sites for hydroxylation is 3. The molecule has 0 atom stereocenters. The number of nitro benzene ring substituents is 1. The Kier molecular flexibility index (Phi) is 7.17. The van der Waals surface area contributed by atoms with Crippen molar-refractivity contribution < 1.29 is 14.6 Å². The number of rotatable bonds is 5. The molecule has 176 valence electrons. The van der Waals surface area contributed by atoms with Crippen LogP contribution in [0.4, 0.5) is 11.4 Å². The first-order valence-corrected chi connectivity index (χ1v) is 11.4. The van der Waals surface area contributed by atoms with Gasteiger partial charge < -0.3 is 10.4 Å². The van der Waals surface area contributed by atoms with Crippen molar-refractivity contribution >= 4 is 40.0 Å². The van der Waals surface area contributed by atoms with E-state index in [1.807, 2.05) is 44.2 Å². The van der Waals surface area contributed by atoms with Gasteiger partial charge >= 0.3 is 0 Å². The summed E-state index contributed by atoms with van der Waals surface area (Å²) in [6.07, 6.45) is 3.60. The van der Waals surface area contributed by atoms with Gasteiger partial charge in [0.25, 0.3) is 5.69 Å². The van der Waals surface area contributed by atoms with Gasteiger partial charge in [-0.1, -0.05) is 57.3 Å². The fourth-order valence-electron chi connectivity index (χ4n) is 3.55. The average molecular weight is 476 g/mol. The predicted molar refractivity (Wildman–Crippen MR) is 138 cm³/mol. The number of benzene rings is 2. The van der Waals surface area contributed by atoms with Gasteiger partial charge in [-0.05, 0) is 60.3 Å². The Morgan fingerprint density at radius 3 is 2.18 bits per heavy atom. The minimum atomic E-state index is -0.482. The van der Waals surface area contributed by atoms with Gasteiger partial charge in [0.15, 0.2) is 17.4 Å². The van der Waals surface area contributed by atoms with Crippen LogP contribution in [0.25, 0.3) is 11.5 Å².